The number of aromatic nitrogens is 3. The van der Waals surface area contributed by atoms with Gasteiger partial charge in [0, 0.05) is 29.0 Å². The van der Waals surface area contributed by atoms with Crippen LogP contribution in [-0.4, -0.2) is 43.0 Å². The number of methoxy groups -OCH3 is 4. The molecular weight excluding hydrogens is 389 g/mol. The van der Waals surface area contributed by atoms with Crippen LogP contribution in [0.3, 0.4) is 0 Å². The third kappa shape index (κ3) is 3.26. The van der Waals surface area contributed by atoms with Crippen molar-refractivity contribution in [2.75, 3.05) is 28.4 Å². The predicted molar refractivity (Wildman–Crippen MR) is 110 cm³/mol. The van der Waals surface area contributed by atoms with E-state index in [1.165, 1.54) is 19.2 Å². The molecule has 0 saturated heterocycles. The zero-order valence-electron chi connectivity index (χ0n) is 17.0. The highest BCUT2D eigenvalue weighted by Gasteiger charge is 2.18. The van der Waals surface area contributed by atoms with Crippen LogP contribution in [0.4, 0.5) is 4.39 Å². The Morgan fingerprint density at radius 3 is 2.07 bits per heavy atom. The summed E-state index contributed by atoms with van der Waals surface area (Å²) in [5.41, 5.74) is 2.97. The summed E-state index contributed by atoms with van der Waals surface area (Å²) in [6.07, 6.45) is 1.88. The molecule has 2 aromatic heterocycles. The van der Waals surface area contributed by atoms with Crippen LogP contribution in [0.1, 0.15) is 0 Å². The highest BCUT2D eigenvalue weighted by atomic mass is 19.1. The average Bonchev–Trinajstić information content (AvgIpc) is 3.21. The highest BCUT2D eigenvalue weighted by molar-refractivity contribution is 5.73. The Labute approximate surface area is 172 Å². The molecule has 0 radical (unpaired) electrons. The van der Waals surface area contributed by atoms with Crippen molar-refractivity contribution in [2.24, 2.45) is 0 Å². The lowest BCUT2D eigenvalue weighted by Crippen LogP contribution is -1.97. The lowest BCUT2D eigenvalue weighted by atomic mass is 10.1. The number of fused-ring (bicyclic) bond motifs is 1. The predicted octanol–water partition coefficient (Wildman–Crippen LogP) is 4.24. The van der Waals surface area contributed by atoms with E-state index in [0.29, 0.717) is 34.5 Å². The van der Waals surface area contributed by atoms with Crippen molar-refractivity contribution in [1.82, 2.24) is 14.6 Å². The van der Waals surface area contributed by atoms with Crippen molar-refractivity contribution < 1.29 is 23.3 Å². The fourth-order valence-corrected chi connectivity index (χ4v) is 3.36. The molecule has 0 spiro atoms. The number of benzene rings is 2. The zero-order chi connectivity index (χ0) is 21.3. The van der Waals surface area contributed by atoms with E-state index >= 15 is 0 Å². The summed E-state index contributed by atoms with van der Waals surface area (Å²) >= 11 is 0. The van der Waals surface area contributed by atoms with Gasteiger partial charge in [-0.25, -0.2) is 4.39 Å². The highest BCUT2D eigenvalue weighted by Crippen LogP contribution is 2.41. The SMILES string of the molecule is COc1cc(F)ccc1-c1ccc2nnc(-c3cc(OC)c(OC)c(OC)c3)n2c1. The van der Waals surface area contributed by atoms with E-state index in [-0.39, 0.29) is 5.82 Å². The molecule has 2 aromatic carbocycles. The molecule has 0 bridgehead atoms. The quantitative estimate of drug-likeness (QED) is 0.475. The standard InChI is InChI=1S/C22H20FN3O4/c1-27-17-11-15(23)6-7-16(17)13-5-8-20-24-25-22(26(20)12-13)14-9-18(28-2)21(30-4)19(10-14)29-3/h5-12H,1-4H3. The summed E-state index contributed by atoms with van der Waals surface area (Å²) < 4.78 is 37.1. The number of halogens is 1. The second-order valence-electron chi connectivity index (χ2n) is 6.43. The first-order chi connectivity index (χ1) is 14.6. The average molecular weight is 409 g/mol. The summed E-state index contributed by atoms with van der Waals surface area (Å²) in [5.74, 6) is 2.19. The minimum Gasteiger partial charge on any atom is -0.496 e. The molecule has 4 rings (SSSR count). The van der Waals surface area contributed by atoms with Crippen LogP contribution >= 0.6 is 0 Å². The Hall–Kier alpha value is -3.81. The molecule has 0 aliphatic rings. The summed E-state index contributed by atoms with van der Waals surface area (Å²) in [7, 11) is 6.18. The summed E-state index contributed by atoms with van der Waals surface area (Å²) in [6, 6.07) is 11.8. The van der Waals surface area contributed by atoms with Crippen molar-refractivity contribution in [2.45, 2.75) is 0 Å². The Balaban J connectivity index is 1.89. The van der Waals surface area contributed by atoms with Gasteiger partial charge in [-0.3, -0.25) is 4.40 Å². The minimum atomic E-state index is -0.362. The lowest BCUT2D eigenvalue weighted by Gasteiger charge is -2.14. The van der Waals surface area contributed by atoms with E-state index in [1.54, 1.807) is 27.4 Å². The lowest BCUT2D eigenvalue weighted by molar-refractivity contribution is 0.324. The first-order valence-corrected chi connectivity index (χ1v) is 9.08. The summed E-state index contributed by atoms with van der Waals surface area (Å²) in [6.45, 7) is 0. The fraction of sp³-hybridized carbons (Fsp3) is 0.182. The number of rotatable bonds is 6. The van der Waals surface area contributed by atoms with Crippen LogP contribution in [0, 0.1) is 5.82 Å². The Morgan fingerprint density at radius 1 is 0.733 bits per heavy atom. The van der Waals surface area contributed by atoms with Crippen molar-refractivity contribution in [3.05, 3.63) is 54.5 Å². The molecule has 30 heavy (non-hydrogen) atoms. The van der Waals surface area contributed by atoms with Gasteiger partial charge in [-0.2, -0.15) is 0 Å². The summed E-state index contributed by atoms with van der Waals surface area (Å²) in [4.78, 5) is 0. The maximum Gasteiger partial charge on any atom is 0.203 e. The summed E-state index contributed by atoms with van der Waals surface area (Å²) in [5, 5.41) is 8.58. The van der Waals surface area contributed by atoms with Gasteiger partial charge in [0.15, 0.2) is 23.0 Å². The van der Waals surface area contributed by atoms with Crippen LogP contribution in [0.5, 0.6) is 23.0 Å². The van der Waals surface area contributed by atoms with Gasteiger partial charge < -0.3 is 18.9 Å². The van der Waals surface area contributed by atoms with Gasteiger partial charge in [0.25, 0.3) is 0 Å². The van der Waals surface area contributed by atoms with Gasteiger partial charge in [-0.15, -0.1) is 10.2 Å². The van der Waals surface area contributed by atoms with Gasteiger partial charge in [0.05, 0.1) is 28.4 Å². The van der Waals surface area contributed by atoms with Gasteiger partial charge in [-0.1, -0.05) is 0 Å². The van der Waals surface area contributed by atoms with Crippen LogP contribution < -0.4 is 18.9 Å². The molecule has 0 fully saturated rings. The molecule has 2 heterocycles. The molecule has 4 aromatic rings. The second kappa shape index (κ2) is 7.90. The third-order valence-electron chi connectivity index (χ3n) is 4.80. The van der Waals surface area contributed by atoms with Crippen molar-refractivity contribution in [3.63, 3.8) is 0 Å². The Morgan fingerprint density at radius 2 is 1.43 bits per heavy atom. The first-order valence-electron chi connectivity index (χ1n) is 9.08. The molecule has 154 valence electrons. The van der Waals surface area contributed by atoms with E-state index in [4.69, 9.17) is 18.9 Å². The third-order valence-corrected chi connectivity index (χ3v) is 4.80. The first kappa shape index (κ1) is 19.5. The number of hydrogen-bond donors (Lipinski definition) is 0. The van der Waals surface area contributed by atoms with Gasteiger partial charge >= 0.3 is 0 Å². The second-order valence-corrected chi connectivity index (χ2v) is 6.43. The van der Waals surface area contributed by atoms with Crippen molar-refractivity contribution >= 4 is 5.65 Å². The molecule has 0 atom stereocenters. The van der Waals surface area contributed by atoms with Gasteiger partial charge in [-0.05, 0) is 36.4 Å². The zero-order valence-corrected chi connectivity index (χ0v) is 17.0. The number of hydrogen-bond acceptors (Lipinski definition) is 6. The molecule has 0 amide bonds. The van der Waals surface area contributed by atoms with Gasteiger partial charge in [0.2, 0.25) is 5.75 Å². The maximum absolute atomic E-state index is 13.6. The monoisotopic (exact) mass is 409 g/mol. The van der Waals surface area contributed by atoms with Crippen molar-refractivity contribution in [3.8, 4) is 45.5 Å². The van der Waals surface area contributed by atoms with E-state index in [0.717, 1.165) is 16.7 Å². The molecule has 0 aliphatic heterocycles. The number of ether oxygens (including phenoxy) is 4. The van der Waals surface area contributed by atoms with Crippen LogP contribution in [0.15, 0.2) is 48.7 Å². The maximum atomic E-state index is 13.6. The van der Waals surface area contributed by atoms with Crippen LogP contribution in [0.25, 0.3) is 28.2 Å². The van der Waals surface area contributed by atoms with E-state index in [1.807, 2.05) is 34.9 Å². The Kier molecular flexibility index (Phi) is 5.14. The topological polar surface area (TPSA) is 67.1 Å². The molecule has 7 nitrogen and oxygen atoms in total. The molecule has 0 unspecified atom stereocenters. The fourth-order valence-electron chi connectivity index (χ4n) is 3.36. The van der Waals surface area contributed by atoms with Crippen LogP contribution in [0.2, 0.25) is 0 Å². The minimum absolute atomic E-state index is 0.362. The van der Waals surface area contributed by atoms with Crippen LogP contribution in [-0.2, 0) is 0 Å². The van der Waals surface area contributed by atoms with E-state index in [9.17, 15) is 4.39 Å². The number of nitrogens with zero attached hydrogens (tertiary/aromatic N) is 3. The smallest absolute Gasteiger partial charge is 0.203 e. The molecule has 0 aliphatic carbocycles. The normalized spacial score (nSPS) is 10.8. The van der Waals surface area contributed by atoms with Crippen molar-refractivity contribution in [1.29, 1.82) is 0 Å². The molecule has 8 heteroatoms. The molecule has 0 N–H and O–H groups in total. The largest absolute Gasteiger partial charge is 0.496 e. The Bertz CT molecular complexity index is 1200. The van der Waals surface area contributed by atoms with E-state index in [2.05, 4.69) is 10.2 Å². The van der Waals surface area contributed by atoms with Gasteiger partial charge in [0.1, 0.15) is 11.6 Å². The number of pyridine rings is 1. The molecule has 0 saturated carbocycles. The van der Waals surface area contributed by atoms with E-state index < -0.39 is 0 Å². The molecular formula is C22H20FN3O4.